The summed E-state index contributed by atoms with van der Waals surface area (Å²) in [6, 6.07) is 10.4. The van der Waals surface area contributed by atoms with Crippen molar-refractivity contribution in [2.75, 3.05) is 18.1 Å². The number of carbonyl (C=O) groups excluding carboxylic acids is 2. The number of amides is 2. The Balaban J connectivity index is 1.51. The van der Waals surface area contributed by atoms with Crippen LogP contribution in [0.3, 0.4) is 0 Å². The fourth-order valence-electron chi connectivity index (χ4n) is 3.04. The second-order valence-corrected chi connectivity index (χ2v) is 10.8. The molecule has 0 radical (unpaired) electrons. The van der Waals surface area contributed by atoms with Gasteiger partial charge in [0.1, 0.15) is 0 Å². The number of hydrogen-bond donors (Lipinski definition) is 1. The van der Waals surface area contributed by atoms with Crippen LogP contribution in [0.5, 0.6) is 0 Å². The van der Waals surface area contributed by atoms with Gasteiger partial charge in [0.15, 0.2) is 8.68 Å². The molecule has 1 unspecified atom stereocenters. The maximum Gasteiger partial charge on any atom is 0.233 e. The maximum absolute atomic E-state index is 13.0. The van der Waals surface area contributed by atoms with Crippen LogP contribution >= 0.6 is 34.9 Å². The molecule has 1 saturated carbocycles. The Morgan fingerprint density at radius 3 is 2.47 bits per heavy atom. The zero-order valence-electron chi connectivity index (χ0n) is 17.4. The van der Waals surface area contributed by atoms with Crippen molar-refractivity contribution >= 4 is 46.7 Å². The Kier molecular flexibility index (Phi) is 9.02. The van der Waals surface area contributed by atoms with E-state index in [0.717, 1.165) is 20.7 Å². The van der Waals surface area contributed by atoms with E-state index in [0.29, 0.717) is 30.5 Å². The van der Waals surface area contributed by atoms with Gasteiger partial charge in [-0.15, -0.1) is 10.2 Å². The molecule has 6 nitrogen and oxygen atoms in total. The molecule has 1 N–H and O–H groups in total. The normalized spacial score (nSPS) is 14.3. The number of nitrogens with zero attached hydrogens (tertiary/aromatic N) is 3. The molecule has 1 atom stereocenters. The van der Waals surface area contributed by atoms with Gasteiger partial charge in [0.2, 0.25) is 11.8 Å². The highest BCUT2D eigenvalue weighted by Crippen LogP contribution is 2.36. The summed E-state index contributed by atoms with van der Waals surface area (Å²) in [7, 11) is 0. The molecule has 1 fully saturated rings. The van der Waals surface area contributed by atoms with Gasteiger partial charge in [0.05, 0.1) is 11.5 Å². The van der Waals surface area contributed by atoms with Crippen molar-refractivity contribution in [3.8, 4) is 0 Å². The molecule has 1 aromatic carbocycles. The van der Waals surface area contributed by atoms with Gasteiger partial charge in [0, 0.05) is 19.1 Å². The second-order valence-electron chi connectivity index (χ2n) is 7.35. The minimum absolute atomic E-state index is 0.00653. The van der Waals surface area contributed by atoms with Crippen LogP contribution in [-0.4, -0.2) is 51.0 Å². The minimum atomic E-state index is 0.00653. The first-order valence-electron chi connectivity index (χ1n) is 10.3. The van der Waals surface area contributed by atoms with Crippen LogP contribution in [0.2, 0.25) is 0 Å². The van der Waals surface area contributed by atoms with Crippen LogP contribution < -0.4 is 5.32 Å². The molecular formula is C21H28N4O2S3. The summed E-state index contributed by atoms with van der Waals surface area (Å²) >= 11 is 4.25. The molecule has 30 heavy (non-hydrogen) atoms. The van der Waals surface area contributed by atoms with Gasteiger partial charge in [-0.05, 0) is 37.7 Å². The first-order chi connectivity index (χ1) is 14.6. The molecule has 1 aromatic heterocycles. The van der Waals surface area contributed by atoms with Crippen LogP contribution in [0.15, 0.2) is 39.0 Å². The number of hydrogen-bond acceptors (Lipinski definition) is 7. The van der Waals surface area contributed by atoms with Crippen LogP contribution in [0.1, 0.15) is 38.7 Å². The Hall–Kier alpha value is -1.58. The molecule has 2 amide bonds. The maximum atomic E-state index is 13.0. The van der Waals surface area contributed by atoms with E-state index in [9.17, 15) is 9.59 Å². The van der Waals surface area contributed by atoms with Crippen LogP contribution in [-0.2, 0) is 16.1 Å². The molecule has 1 aliphatic carbocycles. The van der Waals surface area contributed by atoms with Gasteiger partial charge in [-0.1, -0.05) is 72.1 Å². The van der Waals surface area contributed by atoms with E-state index in [2.05, 4.69) is 34.6 Å². The standard InChI is InChI=1S/C21H28N4O2S3/c1-3-11-22-18(26)13-28-20-23-24-21(30-20)29-14-19(27)25(15(2)17-9-10-17)12-16-7-5-4-6-8-16/h4-8,15,17H,3,9-14H2,1-2H3,(H,22,26). The van der Waals surface area contributed by atoms with E-state index in [1.165, 1.54) is 47.7 Å². The van der Waals surface area contributed by atoms with E-state index >= 15 is 0 Å². The van der Waals surface area contributed by atoms with Crippen molar-refractivity contribution in [3.63, 3.8) is 0 Å². The molecule has 0 saturated heterocycles. The Morgan fingerprint density at radius 2 is 1.83 bits per heavy atom. The number of thioether (sulfide) groups is 2. The fourth-order valence-corrected chi connectivity index (χ4v) is 5.77. The van der Waals surface area contributed by atoms with Crippen molar-refractivity contribution in [2.45, 2.75) is 54.4 Å². The van der Waals surface area contributed by atoms with Gasteiger partial charge >= 0.3 is 0 Å². The first kappa shape index (κ1) is 23.1. The number of aromatic nitrogens is 2. The smallest absolute Gasteiger partial charge is 0.233 e. The molecular weight excluding hydrogens is 436 g/mol. The predicted octanol–water partition coefficient (Wildman–Crippen LogP) is 4.08. The van der Waals surface area contributed by atoms with Crippen molar-refractivity contribution in [2.24, 2.45) is 5.92 Å². The summed E-state index contributed by atoms with van der Waals surface area (Å²) in [5, 5.41) is 11.2. The van der Waals surface area contributed by atoms with Crippen LogP contribution in [0, 0.1) is 5.92 Å². The number of rotatable bonds is 12. The lowest BCUT2D eigenvalue weighted by Gasteiger charge is -2.29. The van der Waals surface area contributed by atoms with Crippen molar-refractivity contribution < 1.29 is 9.59 Å². The Bertz CT molecular complexity index is 827. The first-order valence-corrected chi connectivity index (χ1v) is 13.0. The van der Waals surface area contributed by atoms with Gasteiger partial charge < -0.3 is 10.2 Å². The highest BCUT2D eigenvalue weighted by atomic mass is 32.2. The van der Waals surface area contributed by atoms with Crippen molar-refractivity contribution in [1.29, 1.82) is 0 Å². The van der Waals surface area contributed by atoms with E-state index < -0.39 is 0 Å². The molecule has 9 heteroatoms. The molecule has 0 spiro atoms. The van der Waals surface area contributed by atoms with Gasteiger partial charge in [0.25, 0.3) is 0 Å². The zero-order chi connectivity index (χ0) is 21.3. The van der Waals surface area contributed by atoms with Crippen LogP contribution in [0.4, 0.5) is 0 Å². The SMILES string of the molecule is CCCNC(=O)CSc1nnc(SCC(=O)N(Cc2ccccc2)C(C)C2CC2)s1. The third-order valence-electron chi connectivity index (χ3n) is 4.92. The lowest BCUT2D eigenvalue weighted by atomic mass is 10.1. The number of nitrogens with one attached hydrogen (secondary N) is 1. The van der Waals surface area contributed by atoms with E-state index in [1.54, 1.807) is 0 Å². The minimum Gasteiger partial charge on any atom is -0.355 e. The lowest BCUT2D eigenvalue weighted by Crippen LogP contribution is -2.40. The summed E-state index contributed by atoms with van der Waals surface area (Å²) in [5.74, 6) is 1.44. The zero-order valence-corrected chi connectivity index (χ0v) is 19.8. The Morgan fingerprint density at radius 1 is 1.17 bits per heavy atom. The fraction of sp³-hybridized carbons (Fsp3) is 0.524. The second kappa shape index (κ2) is 11.7. The molecule has 0 aliphatic heterocycles. The van der Waals surface area contributed by atoms with Crippen molar-refractivity contribution in [3.05, 3.63) is 35.9 Å². The van der Waals surface area contributed by atoms with Gasteiger partial charge in [-0.3, -0.25) is 9.59 Å². The molecule has 2 aromatic rings. The summed E-state index contributed by atoms with van der Waals surface area (Å²) < 4.78 is 1.52. The van der Waals surface area contributed by atoms with E-state index in [1.807, 2.05) is 30.0 Å². The van der Waals surface area contributed by atoms with Gasteiger partial charge in [-0.25, -0.2) is 0 Å². The molecule has 162 valence electrons. The topological polar surface area (TPSA) is 75.2 Å². The number of benzene rings is 1. The molecule has 1 heterocycles. The van der Waals surface area contributed by atoms with Crippen molar-refractivity contribution in [1.82, 2.24) is 20.4 Å². The summed E-state index contributed by atoms with van der Waals surface area (Å²) in [4.78, 5) is 26.7. The summed E-state index contributed by atoms with van der Waals surface area (Å²) in [6.45, 7) is 5.52. The average molecular weight is 465 g/mol. The highest BCUT2D eigenvalue weighted by Gasteiger charge is 2.34. The molecule has 3 rings (SSSR count). The predicted molar refractivity (Wildman–Crippen MR) is 124 cm³/mol. The monoisotopic (exact) mass is 464 g/mol. The summed E-state index contributed by atoms with van der Waals surface area (Å²) in [6.07, 6.45) is 3.33. The molecule has 1 aliphatic rings. The van der Waals surface area contributed by atoms with E-state index in [4.69, 9.17) is 0 Å². The highest BCUT2D eigenvalue weighted by molar-refractivity contribution is 8.03. The summed E-state index contributed by atoms with van der Waals surface area (Å²) in [5.41, 5.74) is 1.15. The molecule has 0 bridgehead atoms. The third-order valence-corrected chi connectivity index (χ3v) is 8.09. The largest absolute Gasteiger partial charge is 0.355 e. The van der Waals surface area contributed by atoms with Gasteiger partial charge in [-0.2, -0.15) is 0 Å². The average Bonchev–Trinajstić information content (AvgIpc) is 3.52. The third kappa shape index (κ3) is 7.28. The quantitative estimate of drug-likeness (QED) is 0.477. The van der Waals surface area contributed by atoms with Crippen LogP contribution in [0.25, 0.3) is 0 Å². The lowest BCUT2D eigenvalue weighted by molar-refractivity contribution is -0.131. The number of carbonyl (C=O) groups is 2. The van der Waals surface area contributed by atoms with E-state index in [-0.39, 0.29) is 17.9 Å². The Labute approximate surface area is 190 Å².